The first-order chi connectivity index (χ1) is 18.3. The fourth-order valence-electron chi connectivity index (χ4n) is 4.98. The lowest BCUT2D eigenvalue weighted by atomic mass is 9.94. The fourth-order valence-corrected chi connectivity index (χ4v) is 6.00. The van der Waals surface area contributed by atoms with Crippen molar-refractivity contribution in [2.45, 2.75) is 32.4 Å². The van der Waals surface area contributed by atoms with Crippen LogP contribution < -0.4 is 14.4 Å². The van der Waals surface area contributed by atoms with E-state index in [9.17, 15) is 19.8 Å². The van der Waals surface area contributed by atoms with Gasteiger partial charge in [-0.15, -0.1) is 0 Å². The van der Waals surface area contributed by atoms with Crippen molar-refractivity contribution in [3.05, 3.63) is 82.9 Å². The number of rotatable bonds is 5. The Kier molecular flexibility index (Phi) is 5.80. The van der Waals surface area contributed by atoms with Crippen LogP contribution in [0.3, 0.4) is 0 Å². The number of aliphatic hydroxyl groups excluding tert-OH is 1. The SMILES string of the molecule is CCOc1ccc2nc(N3C(=O)C(=O)C(=C(O)c4ccc5c(c4)C[C@H](C)O5)[C@@H]3c3ccc(O)cc3)sc2c1. The maximum absolute atomic E-state index is 13.5. The second kappa shape index (κ2) is 9.18. The second-order valence-corrected chi connectivity index (χ2v) is 10.3. The van der Waals surface area contributed by atoms with Crippen molar-refractivity contribution in [1.29, 1.82) is 0 Å². The number of carbonyl (C=O) groups excluding carboxylic acids is 2. The minimum Gasteiger partial charge on any atom is -0.508 e. The van der Waals surface area contributed by atoms with E-state index in [0.717, 1.165) is 16.0 Å². The average Bonchev–Trinajstić information content (AvgIpc) is 3.56. The summed E-state index contributed by atoms with van der Waals surface area (Å²) in [5.41, 5.74) is 2.52. The summed E-state index contributed by atoms with van der Waals surface area (Å²) in [6.45, 7) is 4.37. The molecule has 9 heteroatoms. The highest BCUT2D eigenvalue weighted by Gasteiger charge is 2.48. The van der Waals surface area contributed by atoms with E-state index < -0.39 is 17.7 Å². The van der Waals surface area contributed by atoms with Crippen LogP contribution in [-0.4, -0.2) is 39.6 Å². The third-order valence-electron chi connectivity index (χ3n) is 6.69. The molecule has 3 heterocycles. The van der Waals surface area contributed by atoms with E-state index in [2.05, 4.69) is 4.98 Å². The summed E-state index contributed by atoms with van der Waals surface area (Å²) in [7, 11) is 0. The maximum Gasteiger partial charge on any atom is 0.301 e. The van der Waals surface area contributed by atoms with E-state index >= 15 is 0 Å². The summed E-state index contributed by atoms with van der Waals surface area (Å²) in [6.07, 6.45) is 0.703. The molecule has 3 aromatic carbocycles. The average molecular weight is 529 g/mol. The van der Waals surface area contributed by atoms with E-state index in [4.69, 9.17) is 9.47 Å². The molecule has 8 nitrogen and oxygen atoms in total. The summed E-state index contributed by atoms with van der Waals surface area (Å²) >= 11 is 1.26. The zero-order chi connectivity index (χ0) is 26.6. The van der Waals surface area contributed by atoms with Gasteiger partial charge in [0, 0.05) is 12.0 Å². The number of aromatic nitrogens is 1. The number of carbonyl (C=O) groups is 2. The standard InChI is InChI=1S/C29H24N2O6S/c1-3-36-20-9-10-21-23(14-20)38-29(30-21)31-25(16-4-7-19(32)8-5-16)24(27(34)28(31)35)26(33)17-6-11-22-18(13-17)12-15(2)37-22/h4-11,13-15,25,32-33H,3,12H2,1-2H3/t15-,25-/m0/s1. The largest absolute Gasteiger partial charge is 0.508 e. The highest BCUT2D eigenvalue weighted by molar-refractivity contribution is 7.22. The lowest BCUT2D eigenvalue weighted by Crippen LogP contribution is -2.29. The highest BCUT2D eigenvalue weighted by atomic mass is 32.1. The van der Waals surface area contributed by atoms with Gasteiger partial charge in [-0.2, -0.15) is 0 Å². The fraction of sp³-hybridized carbons (Fsp3) is 0.207. The molecule has 0 saturated carbocycles. The van der Waals surface area contributed by atoms with Crippen LogP contribution in [0, 0.1) is 0 Å². The number of thiazole rings is 1. The van der Waals surface area contributed by atoms with Crippen LogP contribution >= 0.6 is 11.3 Å². The number of aromatic hydroxyl groups is 1. The molecule has 0 unspecified atom stereocenters. The van der Waals surface area contributed by atoms with Crippen LogP contribution in [0.2, 0.25) is 0 Å². The number of anilines is 1. The Hall–Kier alpha value is -4.37. The first-order valence-corrected chi connectivity index (χ1v) is 13.1. The molecular formula is C29H24N2O6S. The molecule has 1 amide bonds. The third-order valence-corrected chi connectivity index (χ3v) is 7.71. The molecule has 1 fully saturated rings. The number of hydrogen-bond donors (Lipinski definition) is 2. The van der Waals surface area contributed by atoms with Gasteiger partial charge in [0.25, 0.3) is 5.78 Å². The van der Waals surface area contributed by atoms with Gasteiger partial charge in [-0.25, -0.2) is 4.98 Å². The van der Waals surface area contributed by atoms with Crippen molar-refractivity contribution in [2.24, 2.45) is 0 Å². The van der Waals surface area contributed by atoms with Crippen LogP contribution in [0.5, 0.6) is 17.2 Å². The van der Waals surface area contributed by atoms with Crippen LogP contribution in [0.1, 0.15) is 36.6 Å². The normalized spacial score (nSPS) is 20.1. The van der Waals surface area contributed by atoms with Crippen molar-refractivity contribution >= 4 is 44.1 Å². The van der Waals surface area contributed by atoms with Gasteiger partial charge >= 0.3 is 5.91 Å². The monoisotopic (exact) mass is 528 g/mol. The number of nitrogens with zero attached hydrogens (tertiary/aromatic N) is 2. The Bertz CT molecular complexity index is 1620. The van der Waals surface area contributed by atoms with Crippen molar-refractivity contribution in [3.8, 4) is 17.2 Å². The van der Waals surface area contributed by atoms with Gasteiger partial charge in [0.2, 0.25) is 0 Å². The first kappa shape index (κ1) is 24.0. The molecule has 4 aromatic rings. The molecule has 0 aliphatic carbocycles. The molecule has 2 N–H and O–H groups in total. The molecule has 2 atom stereocenters. The summed E-state index contributed by atoms with van der Waals surface area (Å²) < 4.78 is 12.2. The molecule has 1 aromatic heterocycles. The number of ether oxygens (including phenoxy) is 2. The zero-order valence-electron chi connectivity index (χ0n) is 20.7. The van der Waals surface area contributed by atoms with Gasteiger partial charge in [0.15, 0.2) is 5.13 Å². The van der Waals surface area contributed by atoms with Crippen molar-refractivity contribution in [1.82, 2.24) is 4.98 Å². The molecule has 2 aliphatic heterocycles. The Balaban J connectivity index is 1.50. The lowest BCUT2D eigenvalue weighted by molar-refractivity contribution is -0.132. The number of ketones is 1. The number of fused-ring (bicyclic) bond motifs is 2. The van der Waals surface area contributed by atoms with E-state index in [-0.39, 0.29) is 23.2 Å². The molecular weight excluding hydrogens is 504 g/mol. The number of benzene rings is 3. The van der Waals surface area contributed by atoms with E-state index in [1.165, 1.54) is 28.4 Å². The maximum atomic E-state index is 13.5. The van der Waals surface area contributed by atoms with E-state index in [0.29, 0.717) is 40.6 Å². The smallest absolute Gasteiger partial charge is 0.301 e. The van der Waals surface area contributed by atoms with Crippen molar-refractivity contribution in [3.63, 3.8) is 0 Å². The summed E-state index contributed by atoms with van der Waals surface area (Å²) in [6, 6.07) is 16.0. The number of hydrogen-bond acceptors (Lipinski definition) is 8. The van der Waals surface area contributed by atoms with E-state index in [1.54, 1.807) is 42.5 Å². The predicted molar refractivity (Wildman–Crippen MR) is 144 cm³/mol. The first-order valence-electron chi connectivity index (χ1n) is 12.3. The minimum absolute atomic E-state index is 0.0206. The number of phenolic OH excluding ortho intramolecular Hbond substituents is 1. The number of Topliss-reactive ketones (excluding diaryl/α,β-unsaturated/α-hetero) is 1. The summed E-state index contributed by atoms with van der Waals surface area (Å²) in [4.78, 5) is 32.9. The number of amides is 1. The predicted octanol–water partition coefficient (Wildman–Crippen LogP) is 5.35. The van der Waals surface area contributed by atoms with Gasteiger partial charge in [-0.3, -0.25) is 14.5 Å². The van der Waals surface area contributed by atoms with Gasteiger partial charge in [-0.1, -0.05) is 23.5 Å². The summed E-state index contributed by atoms with van der Waals surface area (Å²) in [5, 5.41) is 21.6. The van der Waals surface area contributed by atoms with Crippen LogP contribution in [-0.2, 0) is 16.0 Å². The molecule has 6 rings (SSSR count). The molecule has 0 spiro atoms. The molecule has 0 bridgehead atoms. The van der Waals surface area contributed by atoms with Crippen LogP contribution in [0.15, 0.2) is 66.2 Å². The van der Waals surface area contributed by atoms with Crippen LogP contribution in [0.4, 0.5) is 5.13 Å². The Morgan fingerprint density at radius 3 is 2.68 bits per heavy atom. The highest BCUT2D eigenvalue weighted by Crippen LogP contribution is 2.45. The zero-order valence-corrected chi connectivity index (χ0v) is 21.5. The third kappa shape index (κ3) is 3.95. The minimum atomic E-state index is -0.939. The molecule has 192 valence electrons. The Labute approximate surface area is 222 Å². The number of phenols is 1. The quantitative estimate of drug-likeness (QED) is 0.204. The van der Waals surface area contributed by atoms with Gasteiger partial charge in [0.1, 0.15) is 29.1 Å². The molecule has 0 radical (unpaired) electrons. The molecule has 38 heavy (non-hydrogen) atoms. The topological polar surface area (TPSA) is 109 Å². The summed E-state index contributed by atoms with van der Waals surface area (Å²) in [5.74, 6) is -0.396. The number of aliphatic hydroxyl groups is 1. The van der Waals surface area contributed by atoms with E-state index in [1.807, 2.05) is 19.9 Å². The Morgan fingerprint density at radius 1 is 1.13 bits per heavy atom. The van der Waals surface area contributed by atoms with Gasteiger partial charge in [0.05, 0.1) is 28.4 Å². The molecule has 1 saturated heterocycles. The molecule has 2 aliphatic rings. The van der Waals surface area contributed by atoms with Gasteiger partial charge < -0.3 is 19.7 Å². The second-order valence-electron chi connectivity index (χ2n) is 9.27. The van der Waals surface area contributed by atoms with Crippen molar-refractivity contribution < 1.29 is 29.3 Å². The Morgan fingerprint density at radius 2 is 1.92 bits per heavy atom. The lowest BCUT2D eigenvalue weighted by Gasteiger charge is -2.23. The van der Waals surface area contributed by atoms with Gasteiger partial charge in [-0.05, 0) is 73.5 Å². The van der Waals surface area contributed by atoms with Crippen molar-refractivity contribution in [2.75, 3.05) is 11.5 Å². The van der Waals surface area contributed by atoms with Crippen LogP contribution in [0.25, 0.3) is 16.0 Å².